The third-order valence-corrected chi connectivity index (χ3v) is 4.68. The van der Waals surface area contributed by atoms with Crippen molar-refractivity contribution in [2.75, 3.05) is 12.4 Å². The minimum atomic E-state index is -0.192. The highest BCUT2D eigenvalue weighted by molar-refractivity contribution is 6.29. The second-order valence-corrected chi connectivity index (χ2v) is 6.85. The molecule has 134 valence electrons. The van der Waals surface area contributed by atoms with E-state index in [1.807, 2.05) is 42.1 Å². The molecule has 4 rings (SSSR count). The molecule has 1 fully saturated rings. The number of benzene rings is 1. The lowest BCUT2D eigenvalue weighted by Gasteiger charge is -2.20. The van der Waals surface area contributed by atoms with Crippen molar-refractivity contribution in [3.05, 3.63) is 65.1 Å². The second kappa shape index (κ2) is 6.96. The molecule has 7 heteroatoms. The first-order valence-corrected chi connectivity index (χ1v) is 8.94. The largest absolute Gasteiger partial charge is 0.497 e. The average molecular weight is 370 g/mol. The van der Waals surface area contributed by atoms with E-state index in [1.54, 1.807) is 19.4 Å². The van der Waals surface area contributed by atoms with E-state index in [2.05, 4.69) is 20.3 Å². The molecule has 0 saturated heterocycles. The molecule has 2 aromatic heterocycles. The lowest BCUT2D eigenvalue weighted by Crippen LogP contribution is -2.18. The molecule has 0 aliphatic heterocycles. The molecule has 26 heavy (non-hydrogen) atoms. The zero-order valence-electron chi connectivity index (χ0n) is 14.7. The summed E-state index contributed by atoms with van der Waals surface area (Å²) < 4.78 is 7.37. The number of hydrogen-bond donors (Lipinski definition) is 1. The van der Waals surface area contributed by atoms with Crippen LogP contribution in [0.4, 0.5) is 5.82 Å². The fraction of sp³-hybridized carbons (Fsp3) is 0.316. The van der Waals surface area contributed by atoms with Crippen molar-refractivity contribution < 1.29 is 4.74 Å². The number of aryl methyl sites for hydroxylation is 1. The highest BCUT2D eigenvalue weighted by Gasteiger charge is 2.28. The van der Waals surface area contributed by atoms with Gasteiger partial charge in [0.05, 0.1) is 7.11 Å². The van der Waals surface area contributed by atoms with Gasteiger partial charge < -0.3 is 14.6 Å². The number of hydrogen-bond acceptors (Lipinski definition) is 5. The number of methoxy groups -OCH3 is 1. The number of halogens is 1. The third-order valence-electron chi connectivity index (χ3n) is 4.49. The maximum atomic E-state index is 6.22. The predicted molar refractivity (Wildman–Crippen MR) is 101 cm³/mol. The molecule has 1 unspecified atom stereocenters. The van der Waals surface area contributed by atoms with Crippen LogP contribution in [0.15, 0.2) is 42.7 Å². The number of ether oxygens (including phenoxy) is 1. The first kappa shape index (κ1) is 16.8. The zero-order chi connectivity index (χ0) is 18.1. The minimum absolute atomic E-state index is 0.192. The van der Waals surface area contributed by atoms with Gasteiger partial charge >= 0.3 is 0 Å². The quantitative estimate of drug-likeness (QED) is 0.666. The maximum Gasteiger partial charge on any atom is 0.135 e. The van der Waals surface area contributed by atoms with Gasteiger partial charge in [-0.15, -0.1) is 0 Å². The van der Waals surface area contributed by atoms with Crippen molar-refractivity contribution in [1.82, 2.24) is 19.5 Å². The Morgan fingerprint density at radius 2 is 2.12 bits per heavy atom. The Labute approximate surface area is 157 Å². The average Bonchev–Trinajstić information content (AvgIpc) is 3.41. The van der Waals surface area contributed by atoms with Crippen molar-refractivity contribution in [3.63, 3.8) is 0 Å². The first-order valence-electron chi connectivity index (χ1n) is 8.56. The first-order chi connectivity index (χ1) is 12.6. The molecule has 1 aliphatic carbocycles. The Balaban J connectivity index is 1.73. The number of nitrogens with one attached hydrogen (secondary N) is 1. The van der Waals surface area contributed by atoms with Crippen LogP contribution in [0.1, 0.15) is 42.0 Å². The molecule has 1 aliphatic rings. The highest BCUT2D eigenvalue weighted by Crippen LogP contribution is 2.39. The Bertz CT molecular complexity index is 922. The SMILES string of the molecule is COc1cccc(C(Nc2cc(Cl)nc(C3CC3)n2)c2nccn2C)c1. The summed E-state index contributed by atoms with van der Waals surface area (Å²) in [6.07, 6.45) is 5.95. The summed E-state index contributed by atoms with van der Waals surface area (Å²) in [5.74, 6) is 3.61. The van der Waals surface area contributed by atoms with Crippen LogP contribution >= 0.6 is 11.6 Å². The number of nitrogens with zero attached hydrogens (tertiary/aromatic N) is 4. The van der Waals surface area contributed by atoms with E-state index >= 15 is 0 Å². The van der Waals surface area contributed by atoms with E-state index in [0.717, 1.165) is 35.8 Å². The predicted octanol–water partition coefficient (Wildman–Crippen LogP) is 3.95. The molecule has 3 aromatic rings. The van der Waals surface area contributed by atoms with Gasteiger partial charge in [-0.05, 0) is 30.5 Å². The van der Waals surface area contributed by atoms with Crippen molar-refractivity contribution in [2.24, 2.45) is 7.05 Å². The van der Waals surface area contributed by atoms with Crippen molar-refractivity contribution in [2.45, 2.75) is 24.8 Å². The summed E-state index contributed by atoms with van der Waals surface area (Å²) in [6, 6.07) is 9.49. The van der Waals surface area contributed by atoms with Crippen molar-refractivity contribution in [3.8, 4) is 5.75 Å². The molecule has 6 nitrogen and oxygen atoms in total. The van der Waals surface area contributed by atoms with Gasteiger partial charge in [0.1, 0.15) is 34.4 Å². The molecule has 0 amide bonds. The molecule has 0 radical (unpaired) electrons. The Morgan fingerprint density at radius 1 is 1.27 bits per heavy atom. The summed E-state index contributed by atoms with van der Waals surface area (Å²) in [6.45, 7) is 0. The summed E-state index contributed by atoms with van der Waals surface area (Å²) in [5.41, 5.74) is 1.03. The van der Waals surface area contributed by atoms with Crippen LogP contribution in [0.25, 0.3) is 0 Å². The topological polar surface area (TPSA) is 64.9 Å². The highest BCUT2D eigenvalue weighted by atomic mass is 35.5. The Morgan fingerprint density at radius 3 is 2.81 bits per heavy atom. The monoisotopic (exact) mass is 369 g/mol. The van der Waals surface area contributed by atoms with E-state index in [4.69, 9.17) is 16.3 Å². The van der Waals surface area contributed by atoms with Gasteiger partial charge in [0.2, 0.25) is 0 Å². The van der Waals surface area contributed by atoms with Gasteiger partial charge in [0, 0.05) is 31.4 Å². The van der Waals surface area contributed by atoms with Gasteiger partial charge in [0.25, 0.3) is 0 Å². The zero-order valence-corrected chi connectivity index (χ0v) is 15.4. The molecule has 1 N–H and O–H groups in total. The molecule has 1 atom stereocenters. The van der Waals surface area contributed by atoms with Crippen LogP contribution in [0, 0.1) is 0 Å². The maximum absolute atomic E-state index is 6.22. The van der Waals surface area contributed by atoms with E-state index in [-0.39, 0.29) is 6.04 Å². The van der Waals surface area contributed by atoms with Gasteiger partial charge in [-0.2, -0.15) is 0 Å². The van der Waals surface area contributed by atoms with Gasteiger partial charge in [-0.25, -0.2) is 15.0 Å². The van der Waals surface area contributed by atoms with Crippen molar-refractivity contribution >= 4 is 17.4 Å². The fourth-order valence-corrected chi connectivity index (χ4v) is 3.14. The van der Waals surface area contributed by atoms with E-state index in [0.29, 0.717) is 16.9 Å². The van der Waals surface area contributed by atoms with E-state index < -0.39 is 0 Å². The fourth-order valence-electron chi connectivity index (χ4n) is 2.95. The molecule has 2 heterocycles. The number of imidazole rings is 1. The minimum Gasteiger partial charge on any atom is -0.497 e. The number of rotatable bonds is 6. The standard InChI is InChI=1S/C19H20ClN5O/c1-25-9-8-21-19(25)17(13-4-3-5-14(10-13)26-2)23-16-11-15(20)22-18(24-16)12-6-7-12/h3-5,8-12,17H,6-7H2,1-2H3,(H,22,23,24). The van der Waals surface area contributed by atoms with Crippen LogP contribution in [-0.2, 0) is 7.05 Å². The second-order valence-electron chi connectivity index (χ2n) is 6.46. The third kappa shape index (κ3) is 3.51. The molecular weight excluding hydrogens is 350 g/mol. The lowest BCUT2D eigenvalue weighted by atomic mass is 10.1. The summed E-state index contributed by atoms with van der Waals surface area (Å²) in [7, 11) is 3.63. The molecule has 0 spiro atoms. The smallest absolute Gasteiger partial charge is 0.135 e. The Kier molecular flexibility index (Phi) is 4.51. The van der Waals surface area contributed by atoms with Crippen molar-refractivity contribution in [1.29, 1.82) is 0 Å². The van der Waals surface area contributed by atoms with Gasteiger partial charge in [-0.1, -0.05) is 23.7 Å². The normalized spacial score (nSPS) is 14.9. The van der Waals surface area contributed by atoms with Crippen LogP contribution in [-0.4, -0.2) is 26.6 Å². The summed E-state index contributed by atoms with van der Waals surface area (Å²) >= 11 is 6.22. The molecule has 1 saturated carbocycles. The molecular formula is C19H20ClN5O. The number of anilines is 1. The molecule has 0 bridgehead atoms. The van der Waals surface area contributed by atoms with E-state index in [9.17, 15) is 0 Å². The van der Waals surface area contributed by atoms with Crippen LogP contribution in [0.5, 0.6) is 5.75 Å². The van der Waals surface area contributed by atoms with Crippen LogP contribution < -0.4 is 10.1 Å². The number of aromatic nitrogens is 4. The summed E-state index contributed by atoms with van der Waals surface area (Å²) in [5, 5.41) is 3.93. The van der Waals surface area contributed by atoms with Gasteiger partial charge in [-0.3, -0.25) is 0 Å². The van der Waals surface area contributed by atoms with Crippen LogP contribution in [0.3, 0.4) is 0 Å². The molecule has 1 aromatic carbocycles. The Hall–Kier alpha value is -2.60. The van der Waals surface area contributed by atoms with Crippen LogP contribution in [0.2, 0.25) is 5.15 Å². The van der Waals surface area contributed by atoms with Gasteiger partial charge in [0.15, 0.2) is 0 Å². The lowest BCUT2D eigenvalue weighted by molar-refractivity contribution is 0.414. The summed E-state index contributed by atoms with van der Waals surface area (Å²) in [4.78, 5) is 13.5. The van der Waals surface area contributed by atoms with E-state index in [1.165, 1.54) is 0 Å².